The maximum atomic E-state index is 11.9. The lowest BCUT2D eigenvalue weighted by atomic mass is 10.2. The average Bonchev–Trinajstić information content (AvgIpc) is 2.47. The van der Waals surface area contributed by atoms with Crippen LogP contribution < -0.4 is 10.0 Å². The molecular weight excluding hydrogens is 296 g/mol. The second kappa shape index (κ2) is 7.10. The Morgan fingerprint density at radius 1 is 1.25 bits per heavy atom. The molecule has 0 aromatic heterocycles. The van der Waals surface area contributed by atoms with E-state index in [1.165, 1.54) is 23.9 Å². The van der Waals surface area contributed by atoms with Gasteiger partial charge in [0.15, 0.2) is 0 Å². The first-order valence-corrected chi connectivity index (χ1v) is 9.04. The molecule has 1 aromatic carbocycles. The van der Waals surface area contributed by atoms with Crippen LogP contribution >= 0.6 is 11.8 Å². The van der Waals surface area contributed by atoms with E-state index in [9.17, 15) is 13.2 Å². The number of nitrogens with one attached hydrogen (secondary N) is 2. The van der Waals surface area contributed by atoms with Gasteiger partial charge in [-0.3, -0.25) is 4.79 Å². The van der Waals surface area contributed by atoms with Crippen LogP contribution in [0.4, 0.5) is 0 Å². The van der Waals surface area contributed by atoms with E-state index in [0.717, 1.165) is 25.9 Å². The van der Waals surface area contributed by atoms with E-state index >= 15 is 0 Å². The molecule has 0 bridgehead atoms. The van der Waals surface area contributed by atoms with Crippen molar-refractivity contribution in [2.75, 3.05) is 18.8 Å². The maximum Gasteiger partial charge on any atom is 0.264 e. The second-order valence-corrected chi connectivity index (χ2v) is 7.57. The molecule has 0 aliphatic carbocycles. The average molecular weight is 314 g/mol. The number of thioether (sulfide) groups is 1. The van der Waals surface area contributed by atoms with Gasteiger partial charge in [0.2, 0.25) is 5.91 Å². The summed E-state index contributed by atoms with van der Waals surface area (Å²) in [5, 5.41) is 3.68. The predicted molar refractivity (Wildman–Crippen MR) is 80.1 cm³/mol. The molecule has 1 fully saturated rings. The van der Waals surface area contributed by atoms with Gasteiger partial charge in [-0.2, -0.15) is 0 Å². The number of amides is 1. The standard InChI is InChI=1S/C13H18N2O3S2/c16-13(10-19-11-6-8-14-9-7-11)15-20(17,18)12-4-2-1-3-5-12/h1-5,11,14H,6-10H2,(H,15,16). The fraction of sp³-hybridized carbons (Fsp3) is 0.462. The minimum atomic E-state index is -3.74. The summed E-state index contributed by atoms with van der Waals surface area (Å²) in [6.07, 6.45) is 2.03. The molecule has 1 saturated heterocycles. The van der Waals surface area contributed by atoms with Crippen LogP contribution in [0.1, 0.15) is 12.8 Å². The van der Waals surface area contributed by atoms with Crippen LogP contribution in [0.15, 0.2) is 35.2 Å². The van der Waals surface area contributed by atoms with Crippen molar-refractivity contribution in [2.45, 2.75) is 23.0 Å². The highest BCUT2D eigenvalue weighted by atomic mass is 32.2. The Morgan fingerprint density at radius 2 is 1.90 bits per heavy atom. The first kappa shape index (κ1) is 15.3. The SMILES string of the molecule is O=C(CSC1CCNCC1)NS(=O)(=O)c1ccccc1. The lowest BCUT2D eigenvalue weighted by molar-refractivity contribution is -0.116. The number of piperidine rings is 1. The molecule has 7 heteroatoms. The van der Waals surface area contributed by atoms with Crippen molar-refractivity contribution in [1.82, 2.24) is 10.0 Å². The van der Waals surface area contributed by atoms with Crippen LogP contribution in [0.5, 0.6) is 0 Å². The Morgan fingerprint density at radius 3 is 2.55 bits per heavy atom. The molecule has 110 valence electrons. The molecule has 1 aliphatic heterocycles. The van der Waals surface area contributed by atoms with Crippen molar-refractivity contribution in [2.24, 2.45) is 0 Å². The number of rotatable bonds is 5. The Balaban J connectivity index is 1.84. The maximum absolute atomic E-state index is 11.9. The van der Waals surface area contributed by atoms with Gasteiger partial charge in [-0.05, 0) is 38.1 Å². The van der Waals surface area contributed by atoms with E-state index in [1.807, 2.05) is 0 Å². The van der Waals surface area contributed by atoms with Crippen LogP contribution in [0.25, 0.3) is 0 Å². The molecule has 1 heterocycles. The van der Waals surface area contributed by atoms with Crippen molar-refractivity contribution < 1.29 is 13.2 Å². The molecule has 20 heavy (non-hydrogen) atoms. The molecule has 0 unspecified atom stereocenters. The summed E-state index contributed by atoms with van der Waals surface area (Å²) in [4.78, 5) is 11.9. The number of benzene rings is 1. The Kier molecular flexibility index (Phi) is 5.45. The summed E-state index contributed by atoms with van der Waals surface area (Å²) in [6.45, 7) is 1.92. The molecule has 2 rings (SSSR count). The highest BCUT2D eigenvalue weighted by molar-refractivity contribution is 8.00. The van der Waals surface area contributed by atoms with Crippen molar-refractivity contribution in [3.8, 4) is 0 Å². The fourth-order valence-electron chi connectivity index (χ4n) is 1.99. The highest BCUT2D eigenvalue weighted by Crippen LogP contribution is 2.19. The number of hydrogen-bond donors (Lipinski definition) is 2. The van der Waals surface area contributed by atoms with Gasteiger partial charge >= 0.3 is 0 Å². The quantitative estimate of drug-likeness (QED) is 0.847. The van der Waals surface area contributed by atoms with Crippen LogP contribution in [0.2, 0.25) is 0 Å². The minimum Gasteiger partial charge on any atom is -0.317 e. The number of carbonyl (C=O) groups is 1. The molecule has 0 spiro atoms. The summed E-state index contributed by atoms with van der Waals surface area (Å²) in [6, 6.07) is 7.92. The zero-order valence-corrected chi connectivity index (χ0v) is 12.7. The van der Waals surface area contributed by atoms with Crippen LogP contribution in [0, 0.1) is 0 Å². The van der Waals surface area contributed by atoms with Gasteiger partial charge in [-0.15, -0.1) is 11.8 Å². The van der Waals surface area contributed by atoms with Crippen LogP contribution in [-0.4, -0.2) is 38.4 Å². The van der Waals surface area contributed by atoms with Gasteiger partial charge < -0.3 is 5.32 Å². The molecule has 1 aromatic rings. The van der Waals surface area contributed by atoms with E-state index in [2.05, 4.69) is 10.0 Å². The van der Waals surface area contributed by atoms with Crippen LogP contribution in [-0.2, 0) is 14.8 Å². The third kappa shape index (κ3) is 4.50. The normalized spacial score (nSPS) is 16.8. The number of hydrogen-bond acceptors (Lipinski definition) is 5. The minimum absolute atomic E-state index is 0.111. The third-order valence-electron chi connectivity index (χ3n) is 3.04. The summed E-state index contributed by atoms with van der Waals surface area (Å²) in [5.41, 5.74) is 0. The molecule has 2 N–H and O–H groups in total. The third-order valence-corrected chi connectivity index (χ3v) is 5.80. The van der Waals surface area contributed by atoms with E-state index in [0.29, 0.717) is 5.25 Å². The zero-order valence-electron chi connectivity index (χ0n) is 11.0. The lowest BCUT2D eigenvalue weighted by Gasteiger charge is -2.21. The van der Waals surface area contributed by atoms with Gasteiger partial charge in [0.1, 0.15) is 0 Å². The summed E-state index contributed by atoms with van der Waals surface area (Å²) < 4.78 is 26.0. The van der Waals surface area contributed by atoms with E-state index in [-0.39, 0.29) is 10.6 Å². The van der Waals surface area contributed by atoms with E-state index in [1.54, 1.807) is 18.2 Å². The smallest absolute Gasteiger partial charge is 0.264 e. The molecule has 0 saturated carbocycles. The van der Waals surface area contributed by atoms with Crippen molar-refractivity contribution >= 4 is 27.7 Å². The van der Waals surface area contributed by atoms with Crippen molar-refractivity contribution in [3.05, 3.63) is 30.3 Å². The number of carbonyl (C=O) groups excluding carboxylic acids is 1. The largest absolute Gasteiger partial charge is 0.317 e. The van der Waals surface area contributed by atoms with Gasteiger partial charge in [0, 0.05) is 5.25 Å². The summed E-state index contributed by atoms with van der Waals surface area (Å²) in [5.74, 6) is -0.283. The first-order chi connectivity index (χ1) is 9.58. The van der Waals surface area contributed by atoms with Gasteiger partial charge in [0.05, 0.1) is 10.6 Å². The first-order valence-electron chi connectivity index (χ1n) is 6.51. The van der Waals surface area contributed by atoms with Crippen LogP contribution in [0.3, 0.4) is 0 Å². The second-order valence-electron chi connectivity index (χ2n) is 4.60. The van der Waals surface area contributed by atoms with Gasteiger partial charge in [-0.1, -0.05) is 18.2 Å². The molecule has 0 radical (unpaired) electrons. The van der Waals surface area contributed by atoms with Crippen molar-refractivity contribution in [3.63, 3.8) is 0 Å². The molecule has 0 atom stereocenters. The molecule has 1 aliphatic rings. The van der Waals surface area contributed by atoms with Gasteiger partial charge in [0.25, 0.3) is 10.0 Å². The van der Waals surface area contributed by atoms with Crippen molar-refractivity contribution in [1.29, 1.82) is 0 Å². The fourth-order valence-corrected chi connectivity index (χ4v) is 4.12. The zero-order chi connectivity index (χ0) is 14.4. The highest BCUT2D eigenvalue weighted by Gasteiger charge is 2.19. The Bertz CT molecular complexity index is 540. The topological polar surface area (TPSA) is 75.3 Å². The Hall–Kier alpha value is -1.05. The monoisotopic (exact) mass is 314 g/mol. The number of sulfonamides is 1. The lowest BCUT2D eigenvalue weighted by Crippen LogP contribution is -2.34. The van der Waals surface area contributed by atoms with Gasteiger partial charge in [-0.25, -0.2) is 13.1 Å². The Labute approximate surface area is 123 Å². The summed E-state index contributed by atoms with van der Waals surface area (Å²) >= 11 is 1.52. The predicted octanol–water partition coefficient (Wildman–Crippen LogP) is 0.977. The van der Waals surface area contributed by atoms with E-state index in [4.69, 9.17) is 0 Å². The molecule has 5 nitrogen and oxygen atoms in total. The van der Waals surface area contributed by atoms with E-state index < -0.39 is 15.9 Å². The molecular formula is C13H18N2O3S2. The summed E-state index contributed by atoms with van der Waals surface area (Å²) in [7, 11) is -3.74. The molecule has 1 amide bonds.